The van der Waals surface area contributed by atoms with Gasteiger partial charge in [-0.2, -0.15) is 0 Å². The van der Waals surface area contributed by atoms with Crippen molar-refractivity contribution in [2.75, 3.05) is 5.32 Å². The molecule has 0 aliphatic rings. The monoisotopic (exact) mass is 298 g/mol. The van der Waals surface area contributed by atoms with Crippen molar-refractivity contribution in [1.82, 2.24) is 4.98 Å². The van der Waals surface area contributed by atoms with E-state index in [1.165, 1.54) is 6.92 Å². The Morgan fingerprint density at radius 3 is 2.67 bits per heavy atom. The molecule has 0 aliphatic carbocycles. The molecular formula is C16H14N2O2S. The van der Waals surface area contributed by atoms with Crippen LogP contribution in [0.1, 0.15) is 12.8 Å². The van der Waals surface area contributed by atoms with E-state index in [1.807, 2.05) is 48.5 Å². The molecule has 0 spiro atoms. The van der Waals surface area contributed by atoms with Gasteiger partial charge in [0, 0.05) is 17.5 Å². The van der Waals surface area contributed by atoms with Crippen LogP contribution in [0.3, 0.4) is 0 Å². The van der Waals surface area contributed by atoms with Gasteiger partial charge in [-0.15, -0.1) is 11.8 Å². The molecular weight excluding hydrogens is 284 g/mol. The number of nitrogens with zero attached hydrogens (tertiary/aromatic N) is 1. The van der Waals surface area contributed by atoms with E-state index in [0.717, 1.165) is 21.7 Å². The Hall–Kier alpha value is -2.27. The number of carbonyl (C=O) groups is 1. The SMILES string of the molecule is CC(=O)Nc1ccc(SCc2nc3ccccc3o2)cc1. The standard InChI is InChI=1S/C16H14N2O2S/c1-11(19)17-12-6-8-13(9-7-12)21-10-16-18-14-4-2-3-5-15(14)20-16/h2-9H,10H2,1H3,(H,17,19). The van der Waals surface area contributed by atoms with Crippen LogP contribution in [-0.2, 0) is 10.5 Å². The highest BCUT2D eigenvalue weighted by atomic mass is 32.2. The van der Waals surface area contributed by atoms with Gasteiger partial charge in [-0.3, -0.25) is 4.79 Å². The third kappa shape index (κ3) is 3.44. The second-order valence-electron chi connectivity index (χ2n) is 4.57. The summed E-state index contributed by atoms with van der Waals surface area (Å²) in [6.45, 7) is 1.50. The predicted molar refractivity (Wildman–Crippen MR) is 84.3 cm³/mol. The van der Waals surface area contributed by atoms with Crippen LogP contribution in [-0.4, -0.2) is 10.9 Å². The molecule has 0 saturated heterocycles. The number of carbonyl (C=O) groups excluding carboxylic acids is 1. The van der Waals surface area contributed by atoms with Crippen molar-refractivity contribution < 1.29 is 9.21 Å². The zero-order valence-corrected chi connectivity index (χ0v) is 12.3. The summed E-state index contributed by atoms with van der Waals surface area (Å²) in [5.74, 6) is 1.32. The first kappa shape index (κ1) is 13.7. The van der Waals surface area contributed by atoms with E-state index in [2.05, 4.69) is 10.3 Å². The number of oxazole rings is 1. The first-order valence-electron chi connectivity index (χ1n) is 6.55. The van der Waals surface area contributed by atoms with Gasteiger partial charge < -0.3 is 9.73 Å². The van der Waals surface area contributed by atoms with Crippen LogP contribution in [0.15, 0.2) is 57.8 Å². The molecule has 0 atom stereocenters. The minimum atomic E-state index is -0.0677. The summed E-state index contributed by atoms with van der Waals surface area (Å²) in [6.07, 6.45) is 0. The van der Waals surface area contributed by atoms with Gasteiger partial charge in [-0.1, -0.05) is 12.1 Å². The lowest BCUT2D eigenvalue weighted by molar-refractivity contribution is -0.114. The second kappa shape index (κ2) is 6.01. The Kier molecular flexibility index (Phi) is 3.92. The summed E-state index contributed by atoms with van der Waals surface area (Å²) in [5, 5.41) is 2.74. The number of nitrogens with one attached hydrogen (secondary N) is 1. The maximum Gasteiger partial charge on any atom is 0.221 e. The van der Waals surface area contributed by atoms with Crippen LogP contribution in [0.25, 0.3) is 11.1 Å². The zero-order valence-electron chi connectivity index (χ0n) is 11.5. The Morgan fingerprint density at radius 2 is 1.95 bits per heavy atom. The summed E-state index contributed by atoms with van der Waals surface area (Å²) in [4.78, 5) is 16.5. The highest BCUT2D eigenvalue weighted by molar-refractivity contribution is 7.98. The fraction of sp³-hybridized carbons (Fsp3) is 0.125. The van der Waals surface area contributed by atoms with Gasteiger partial charge in [0.2, 0.25) is 11.8 Å². The third-order valence-electron chi connectivity index (χ3n) is 2.88. The number of benzene rings is 2. The number of hydrogen-bond donors (Lipinski definition) is 1. The van der Waals surface area contributed by atoms with Crippen molar-refractivity contribution in [2.45, 2.75) is 17.6 Å². The second-order valence-corrected chi connectivity index (χ2v) is 5.62. The first-order chi connectivity index (χ1) is 10.2. The number of aromatic nitrogens is 1. The van der Waals surface area contributed by atoms with E-state index >= 15 is 0 Å². The molecule has 3 rings (SSSR count). The number of thioether (sulfide) groups is 1. The van der Waals surface area contributed by atoms with E-state index in [0.29, 0.717) is 11.6 Å². The summed E-state index contributed by atoms with van der Waals surface area (Å²) in [7, 11) is 0. The molecule has 4 nitrogen and oxygen atoms in total. The van der Waals surface area contributed by atoms with E-state index in [9.17, 15) is 4.79 Å². The quantitative estimate of drug-likeness (QED) is 0.737. The smallest absolute Gasteiger partial charge is 0.221 e. The van der Waals surface area contributed by atoms with Crippen LogP contribution in [0.2, 0.25) is 0 Å². The molecule has 2 aromatic carbocycles. The number of anilines is 1. The van der Waals surface area contributed by atoms with Crippen molar-refractivity contribution >= 4 is 34.5 Å². The van der Waals surface area contributed by atoms with E-state index in [-0.39, 0.29) is 5.91 Å². The topological polar surface area (TPSA) is 55.1 Å². The summed E-state index contributed by atoms with van der Waals surface area (Å²) >= 11 is 1.65. The molecule has 1 heterocycles. The number of amides is 1. The zero-order chi connectivity index (χ0) is 14.7. The molecule has 106 valence electrons. The minimum Gasteiger partial charge on any atom is -0.440 e. The molecule has 0 unspecified atom stereocenters. The van der Waals surface area contributed by atoms with Crippen LogP contribution in [0.5, 0.6) is 0 Å². The molecule has 0 fully saturated rings. The maximum atomic E-state index is 11.0. The van der Waals surface area contributed by atoms with Crippen molar-refractivity contribution in [3.05, 3.63) is 54.4 Å². The lowest BCUT2D eigenvalue weighted by Gasteiger charge is -2.03. The fourth-order valence-electron chi connectivity index (χ4n) is 1.96. The highest BCUT2D eigenvalue weighted by Crippen LogP contribution is 2.25. The molecule has 1 amide bonds. The Morgan fingerprint density at radius 1 is 1.19 bits per heavy atom. The van der Waals surface area contributed by atoms with Crippen LogP contribution in [0, 0.1) is 0 Å². The van der Waals surface area contributed by atoms with E-state index in [1.54, 1.807) is 11.8 Å². The van der Waals surface area contributed by atoms with Gasteiger partial charge >= 0.3 is 0 Å². The number of para-hydroxylation sites is 2. The third-order valence-corrected chi connectivity index (χ3v) is 3.87. The van der Waals surface area contributed by atoms with Gasteiger partial charge in [-0.25, -0.2) is 4.98 Å². The van der Waals surface area contributed by atoms with Crippen LogP contribution < -0.4 is 5.32 Å². The van der Waals surface area contributed by atoms with E-state index < -0.39 is 0 Å². The van der Waals surface area contributed by atoms with Crippen molar-refractivity contribution in [3.63, 3.8) is 0 Å². The molecule has 0 radical (unpaired) electrons. The maximum absolute atomic E-state index is 11.0. The minimum absolute atomic E-state index is 0.0677. The average molecular weight is 298 g/mol. The van der Waals surface area contributed by atoms with Gasteiger partial charge in [0.15, 0.2) is 5.58 Å². The van der Waals surface area contributed by atoms with Crippen molar-refractivity contribution in [2.24, 2.45) is 0 Å². The molecule has 5 heteroatoms. The lowest BCUT2D eigenvalue weighted by atomic mass is 10.3. The van der Waals surface area contributed by atoms with Crippen molar-refractivity contribution in [1.29, 1.82) is 0 Å². The summed E-state index contributed by atoms with van der Waals surface area (Å²) in [5.41, 5.74) is 2.50. The van der Waals surface area contributed by atoms with Crippen LogP contribution >= 0.6 is 11.8 Å². The van der Waals surface area contributed by atoms with Crippen LogP contribution in [0.4, 0.5) is 5.69 Å². The number of rotatable bonds is 4. The average Bonchev–Trinajstić information content (AvgIpc) is 2.89. The van der Waals surface area contributed by atoms with Gasteiger partial charge in [0.05, 0.1) is 5.75 Å². The molecule has 21 heavy (non-hydrogen) atoms. The molecule has 0 saturated carbocycles. The summed E-state index contributed by atoms with van der Waals surface area (Å²) in [6, 6.07) is 15.4. The Bertz CT molecular complexity index is 732. The molecule has 0 bridgehead atoms. The Labute approximate surface area is 126 Å². The number of fused-ring (bicyclic) bond motifs is 1. The van der Waals surface area contributed by atoms with Gasteiger partial charge in [0.1, 0.15) is 5.52 Å². The Balaban J connectivity index is 1.65. The molecule has 1 aromatic heterocycles. The van der Waals surface area contributed by atoms with E-state index in [4.69, 9.17) is 4.42 Å². The molecule has 3 aromatic rings. The number of hydrogen-bond acceptors (Lipinski definition) is 4. The highest BCUT2D eigenvalue weighted by Gasteiger charge is 2.05. The predicted octanol–water partition coefficient (Wildman–Crippen LogP) is 4.08. The first-order valence-corrected chi connectivity index (χ1v) is 7.54. The summed E-state index contributed by atoms with van der Waals surface area (Å²) < 4.78 is 5.68. The largest absolute Gasteiger partial charge is 0.440 e. The van der Waals surface area contributed by atoms with Gasteiger partial charge in [-0.05, 0) is 36.4 Å². The molecule has 0 aliphatic heterocycles. The fourth-order valence-corrected chi connectivity index (χ4v) is 2.71. The van der Waals surface area contributed by atoms with Gasteiger partial charge in [0.25, 0.3) is 0 Å². The normalized spacial score (nSPS) is 10.7. The van der Waals surface area contributed by atoms with Crippen molar-refractivity contribution in [3.8, 4) is 0 Å². The lowest BCUT2D eigenvalue weighted by Crippen LogP contribution is -2.05. The molecule has 1 N–H and O–H groups in total.